The molecule has 0 bridgehead atoms. The lowest BCUT2D eigenvalue weighted by Crippen LogP contribution is -2.07. The molecule has 4 nitrogen and oxygen atoms in total. The van der Waals surface area contributed by atoms with Crippen LogP contribution in [0, 0.1) is 11.3 Å². The Balaban J connectivity index is 3.49. The highest BCUT2D eigenvalue weighted by Crippen LogP contribution is 2.25. The van der Waals surface area contributed by atoms with Crippen molar-refractivity contribution in [3.8, 4) is 11.8 Å². The van der Waals surface area contributed by atoms with Gasteiger partial charge in [-0.15, -0.1) is 0 Å². The van der Waals surface area contributed by atoms with Gasteiger partial charge in [0.25, 0.3) is 0 Å². The maximum Gasteiger partial charge on any atom is 0.339 e. The van der Waals surface area contributed by atoms with E-state index in [1.165, 1.54) is 13.2 Å². The number of carbonyl (C=O) groups is 1. The molecular formula is C10H8BrNO3. The predicted octanol–water partition coefficient (Wildman–Crippen LogP) is 1.95. The van der Waals surface area contributed by atoms with E-state index in [9.17, 15) is 9.90 Å². The summed E-state index contributed by atoms with van der Waals surface area (Å²) >= 11 is 3.19. The largest absolute Gasteiger partial charge is 0.507 e. The molecular weight excluding hydrogens is 262 g/mol. The molecule has 0 radical (unpaired) electrons. The first kappa shape index (κ1) is 11.5. The number of hydrogen-bond donors (Lipinski definition) is 1. The van der Waals surface area contributed by atoms with E-state index >= 15 is 0 Å². The number of methoxy groups -OCH3 is 1. The lowest BCUT2D eigenvalue weighted by Gasteiger charge is -2.08. The Hall–Kier alpha value is -1.54. The molecule has 0 amide bonds. The normalized spacial score (nSPS) is 9.40. The van der Waals surface area contributed by atoms with Gasteiger partial charge in [-0.25, -0.2) is 4.79 Å². The molecule has 15 heavy (non-hydrogen) atoms. The summed E-state index contributed by atoms with van der Waals surface area (Å²) in [6.07, 6.45) is 0. The van der Waals surface area contributed by atoms with E-state index < -0.39 is 5.97 Å². The Morgan fingerprint density at radius 3 is 2.80 bits per heavy atom. The van der Waals surface area contributed by atoms with E-state index in [2.05, 4.69) is 20.7 Å². The molecule has 0 aromatic heterocycles. The van der Waals surface area contributed by atoms with Crippen molar-refractivity contribution in [1.82, 2.24) is 0 Å². The zero-order valence-corrected chi connectivity index (χ0v) is 9.54. The molecule has 0 saturated heterocycles. The third-order valence-corrected chi connectivity index (χ3v) is 2.52. The van der Waals surface area contributed by atoms with Crippen molar-refractivity contribution in [1.29, 1.82) is 5.26 Å². The van der Waals surface area contributed by atoms with Crippen LogP contribution in [0.15, 0.2) is 12.1 Å². The van der Waals surface area contributed by atoms with Crippen LogP contribution in [0.1, 0.15) is 21.5 Å². The standard InChI is InChI=1S/C10H8BrNO3/c1-15-10(14)9-6(4-11)2-3-8(13)7(9)5-12/h2-3,13H,4H2,1H3. The molecule has 0 aliphatic heterocycles. The molecule has 1 N–H and O–H groups in total. The number of hydrogen-bond acceptors (Lipinski definition) is 4. The summed E-state index contributed by atoms with van der Waals surface area (Å²) in [4.78, 5) is 11.4. The summed E-state index contributed by atoms with van der Waals surface area (Å²) in [5, 5.41) is 18.6. The quantitative estimate of drug-likeness (QED) is 0.658. The minimum atomic E-state index is -0.628. The van der Waals surface area contributed by atoms with Crippen molar-refractivity contribution >= 4 is 21.9 Å². The van der Waals surface area contributed by atoms with Crippen LogP contribution in [-0.4, -0.2) is 18.2 Å². The lowest BCUT2D eigenvalue weighted by atomic mass is 10.0. The smallest absolute Gasteiger partial charge is 0.339 e. The van der Waals surface area contributed by atoms with Crippen LogP contribution in [0.4, 0.5) is 0 Å². The van der Waals surface area contributed by atoms with E-state index in [0.29, 0.717) is 10.9 Å². The number of alkyl halides is 1. The zero-order chi connectivity index (χ0) is 11.4. The molecule has 1 aromatic rings. The molecule has 0 atom stereocenters. The molecule has 78 valence electrons. The number of benzene rings is 1. The number of aromatic hydroxyl groups is 1. The fraction of sp³-hybridized carbons (Fsp3) is 0.200. The topological polar surface area (TPSA) is 70.3 Å². The number of esters is 1. The van der Waals surface area contributed by atoms with Crippen LogP contribution >= 0.6 is 15.9 Å². The summed E-state index contributed by atoms with van der Waals surface area (Å²) in [5.41, 5.74) is 0.659. The summed E-state index contributed by atoms with van der Waals surface area (Å²) in [7, 11) is 1.23. The Morgan fingerprint density at radius 1 is 1.67 bits per heavy atom. The average molecular weight is 270 g/mol. The number of halogens is 1. The number of carbonyl (C=O) groups excluding carboxylic acids is 1. The predicted molar refractivity (Wildman–Crippen MR) is 56.8 cm³/mol. The molecule has 0 heterocycles. The lowest BCUT2D eigenvalue weighted by molar-refractivity contribution is 0.0599. The van der Waals surface area contributed by atoms with Gasteiger partial charge in [0.15, 0.2) is 0 Å². The van der Waals surface area contributed by atoms with Gasteiger partial charge in [0, 0.05) is 5.33 Å². The summed E-state index contributed by atoms with van der Waals surface area (Å²) in [6, 6.07) is 4.73. The van der Waals surface area contributed by atoms with Crippen molar-refractivity contribution in [2.45, 2.75) is 5.33 Å². The summed E-state index contributed by atoms with van der Waals surface area (Å²) in [6.45, 7) is 0. The first-order valence-corrected chi connectivity index (χ1v) is 5.17. The van der Waals surface area contributed by atoms with Crippen molar-refractivity contribution in [2.24, 2.45) is 0 Å². The SMILES string of the molecule is COC(=O)c1c(CBr)ccc(O)c1C#N. The van der Waals surface area contributed by atoms with Gasteiger partial charge in [-0.2, -0.15) is 5.26 Å². The molecule has 0 aliphatic carbocycles. The van der Waals surface area contributed by atoms with Crippen molar-refractivity contribution in [3.63, 3.8) is 0 Å². The summed E-state index contributed by atoms with van der Waals surface area (Å²) in [5.74, 6) is -0.848. The molecule has 0 saturated carbocycles. The highest BCUT2D eigenvalue weighted by molar-refractivity contribution is 9.08. The van der Waals surface area contributed by atoms with Gasteiger partial charge in [0.2, 0.25) is 0 Å². The van der Waals surface area contributed by atoms with Crippen LogP contribution in [-0.2, 0) is 10.1 Å². The van der Waals surface area contributed by atoms with E-state index in [4.69, 9.17) is 5.26 Å². The van der Waals surface area contributed by atoms with Crippen LogP contribution in [0.5, 0.6) is 5.75 Å². The van der Waals surface area contributed by atoms with Gasteiger partial charge in [-0.1, -0.05) is 22.0 Å². The van der Waals surface area contributed by atoms with Gasteiger partial charge in [-0.3, -0.25) is 0 Å². The van der Waals surface area contributed by atoms with Gasteiger partial charge in [0.1, 0.15) is 17.4 Å². The molecule has 0 unspecified atom stereocenters. The highest BCUT2D eigenvalue weighted by Gasteiger charge is 2.19. The third-order valence-electron chi connectivity index (χ3n) is 1.91. The van der Waals surface area contributed by atoms with Crippen LogP contribution < -0.4 is 0 Å². The fourth-order valence-corrected chi connectivity index (χ4v) is 1.66. The Labute approximate surface area is 95.2 Å². The number of ether oxygens (including phenoxy) is 1. The maximum absolute atomic E-state index is 11.4. The van der Waals surface area contributed by atoms with E-state index in [1.807, 2.05) is 0 Å². The first-order valence-electron chi connectivity index (χ1n) is 4.05. The molecule has 0 aliphatic rings. The van der Waals surface area contributed by atoms with E-state index in [0.717, 1.165) is 0 Å². The molecule has 0 spiro atoms. The third kappa shape index (κ3) is 2.10. The minimum absolute atomic E-state index is 0.0567. The Kier molecular flexibility index (Phi) is 3.69. The van der Waals surface area contributed by atoms with Crippen molar-refractivity contribution in [2.75, 3.05) is 7.11 Å². The number of rotatable bonds is 2. The van der Waals surface area contributed by atoms with Crippen molar-refractivity contribution < 1.29 is 14.6 Å². The second-order valence-electron chi connectivity index (χ2n) is 2.73. The average Bonchev–Trinajstić information content (AvgIpc) is 2.27. The summed E-state index contributed by atoms with van der Waals surface area (Å²) < 4.78 is 4.55. The molecule has 0 fully saturated rings. The number of nitriles is 1. The fourth-order valence-electron chi connectivity index (χ4n) is 1.19. The van der Waals surface area contributed by atoms with Gasteiger partial charge in [0.05, 0.1) is 12.7 Å². The van der Waals surface area contributed by atoms with Gasteiger partial charge >= 0.3 is 5.97 Å². The van der Waals surface area contributed by atoms with E-state index in [1.54, 1.807) is 12.1 Å². The van der Waals surface area contributed by atoms with Crippen LogP contribution in [0.3, 0.4) is 0 Å². The van der Waals surface area contributed by atoms with Gasteiger partial charge in [-0.05, 0) is 11.6 Å². The monoisotopic (exact) mass is 269 g/mol. The van der Waals surface area contributed by atoms with Crippen LogP contribution in [0.25, 0.3) is 0 Å². The maximum atomic E-state index is 11.4. The number of nitrogens with zero attached hydrogens (tertiary/aromatic N) is 1. The van der Waals surface area contributed by atoms with Gasteiger partial charge < -0.3 is 9.84 Å². The molecule has 1 aromatic carbocycles. The first-order chi connectivity index (χ1) is 7.15. The number of phenolic OH excluding ortho intramolecular Hbond substituents is 1. The highest BCUT2D eigenvalue weighted by atomic mass is 79.9. The molecule has 5 heteroatoms. The Morgan fingerprint density at radius 2 is 2.33 bits per heavy atom. The van der Waals surface area contributed by atoms with Crippen LogP contribution in [0.2, 0.25) is 0 Å². The second-order valence-corrected chi connectivity index (χ2v) is 3.29. The second kappa shape index (κ2) is 4.80. The van der Waals surface area contributed by atoms with E-state index in [-0.39, 0.29) is 16.9 Å². The zero-order valence-electron chi connectivity index (χ0n) is 7.95. The molecule has 1 rings (SSSR count). The number of phenols is 1. The minimum Gasteiger partial charge on any atom is -0.507 e. The van der Waals surface area contributed by atoms with Crippen molar-refractivity contribution in [3.05, 3.63) is 28.8 Å². The Bertz CT molecular complexity index is 437.